The van der Waals surface area contributed by atoms with E-state index in [4.69, 9.17) is 4.74 Å². The molecule has 0 aromatic heterocycles. The van der Waals surface area contributed by atoms with Crippen LogP contribution in [0.3, 0.4) is 0 Å². The zero-order chi connectivity index (χ0) is 12.8. The molecule has 0 spiro atoms. The van der Waals surface area contributed by atoms with Crippen molar-refractivity contribution < 1.29 is 9.84 Å². The summed E-state index contributed by atoms with van der Waals surface area (Å²) in [6, 6.07) is 8.47. The molecule has 0 aliphatic rings. The van der Waals surface area contributed by atoms with E-state index in [1.54, 1.807) is 7.11 Å². The summed E-state index contributed by atoms with van der Waals surface area (Å²) in [5.41, 5.74) is 1.21. The van der Waals surface area contributed by atoms with E-state index in [2.05, 4.69) is 24.8 Å². The number of methoxy groups -OCH3 is 1. The smallest absolute Gasteiger partial charge is 0.119 e. The number of aliphatic hydroxyl groups is 1. The molecule has 96 valence electrons. The van der Waals surface area contributed by atoms with Crippen LogP contribution in [-0.2, 0) is 6.54 Å². The van der Waals surface area contributed by atoms with E-state index in [1.807, 2.05) is 25.1 Å². The van der Waals surface area contributed by atoms with Crippen molar-refractivity contribution in [3.8, 4) is 5.75 Å². The second-order valence-corrected chi connectivity index (χ2v) is 4.72. The summed E-state index contributed by atoms with van der Waals surface area (Å²) in [7, 11) is 1.68. The van der Waals surface area contributed by atoms with Crippen LogP contribution < -0.4 is 4.74 Å². The van der Waals surface area contributed by atoms with Gasteiger partial charge in [0.05, 0.1) is 13.2 Å². The third kappa shape index (κ3) is 4.75. The van der Waals surface area contributed by atoms with E-state index >= 15 is 0 Å². The van der Waals surface area contributed by atoms with Gasteiger partial charge in [-0.15, -0.1) is 0 Å². The molecule has 1 rings (SSSR count). The van der Waals surface area contributed by atoms with Crippen molar-refractivity contribution in [2.45, 2.75) is 39.5 Å². The average molecular weight is 237 g/mol. The fraction of sp³-hybridized carbons (Fsp3) is 0.571. The Bertz CT molecular complexity index is 337. The highest BCUT2D eigenvalue weighted by Crippen LogP contribution is 2.15. The van der Waals surface area contributed by atoms with Crippen LogP contribution in [0.15, 0.2) is 24.3 Å². The standard InChI is InChI=1S/C14H23NO2/c1-11(2)15(9-12(3)16)10-13-6-5-7-14(8-13)17-4/h5-8,11-12,16H,9-10H2,1-4H3. The molecule has 0 radical (unpaired) electrons. The SMILES string of the molecule is COc1cccc(CN(CC(C)O)C(C)C)c1. The van der Waals surface area contributed by atoms with Gasteiger partial charge in [0, 0.05) is 19.1 Å². The van der Waals surface area contributed by atoms with E-state index < -0.39 is 0 Å². The second kappa shape index (κ2) is 6.62. The Kier molecular flexibility index (Phi) is 5.45. The zero-order valence-electron chi connectivity index (χ0n) is 11.2. The van der Waals surface area contributed by atoms with Crippen molar-refractivity contribution in [1.29, 1.82) is 0 Å². The van der Waals surface area contributed by atoms with Gasteiger partial charge in [-0.25, -0.2) is 0 Å². The van der Waals surface area contributed by atoms with Crippen molar-refractivity contribution in [3.63, 3.8) is 0 Å². The van der Waals surface area contributed by atoms with E-state index in [0.29, 0.717) is 12.6 Å². The first-order valence-corrected chi connectivity index (χ1v) is 6.08. The highest BCUT2D eigenvalue weighted by atomic mass is 16.5. The predicted molar refractivity (Wildman–Crippen MR) is 70.2 cm³/mol. The van der Waals surface area contributed by atoms with E-state index in [1.165, 1.54) is 5.56 Å². The van der Waals surface area contributed by atoms with Crippen molar-refractivity contribution in [1.82, 2.24) is 4.90 Å². The molecule has 0 amide bonds. The third-order valence-corrected chi connectivity index (χ3v) is 2.75. The molecular formula is C14H23NO2. The van der Waals surface area contributed by atoms with Crippen LogP contribution >= 0.6 is 0 Å². The van der Waals surface area contributed by atoms with Gasteiger partial charge in [0.15, 0.2) is 0 Å². The van der Waals surface area contributed by atoms with Crippen molar-refractivity contribution in [3.05, 3.63) is 29.8 Å². The highest BCUT2D eigenvalue weighted by molar-refractivity contribution is 5.28. The normalized spacial score (nSPS) is 13.1. The molecule has 17 heavy (non-hydrogen) atoms. The van der Waals surface area contributed by atoms with Crippen LogP contribution in [0, 0.1) is 0 Å². The van der Waals surface area contributed by atoms with Crippen LogP contribution in [0.1, 0.15) is 26.3 Å². The summed E-state index contributed by atoms with van der Waals surface area (Å²) in [6.07, 6.45) is -0.303. The van der Waals surface area contributed by atoms with Gasteiger partial charge in [-0.3, -0.25) is 4.90 Å². The number of benzene rings is 1. The maximum Gasteiger partial charge on any atom is 0.119 e. The van der Waals surface area contributed by atoms with E-state index in [0.717, 1.165) is 12.3 Å². The number of aliphatic hydroxyl groups excluding tert-OH is 1. The number of hydrogen-bond acceptors (Lipinski definition) is 3. The summed E-state index contributed by atoms with van der Waals surface area (Å²) >= 11 is 0. The molecule has 1 unspecified atom stereocenters. The second-order valence-electron chi connectivity index (χ2n) is 4.72. The minimum absolute atomic E-state index is 0.303. The van der Waals surface area contributed by atoms with Gasteiger partial charge in [0.25, 0.3) is 0 Å². The molecule has 0 aliphatic carbocycles. The van der Waals surface area contributed by atoms with Crippen LogP contribution in [0.25, 0.3) is 0 Å². The Morgan fingerprint density at radius 3 is 2.53 bits per heavy atom. The summed E-state index contributed by atoms with van der Waals surface area (Å²) in [5.74, 6) is 0.878. The third-order valence-electron chi connectivity index (χ3n) is 2.75. The van der Waals surface area contributed by atoms with Crippen molar-refractivity contribution in [2.24, 2.45) is 0 Å². The van der Waals surface area contributed by atoms with E-state index in [9.17, 15) is 5.11 Å². The number of ether oxygens (including phenoxy) is 1. The lowest BCUT2D eigenvalue weighted by atomic mass is 10.1. The monoisotopic (exact) mass is 237 g/mol. The minimum atomic E-state index is -0.303. The number of hydrogen-bond donors (Lipinski definition) is 1. The maximum atomic E-state index is 9.48. The van der Waals surface area contributed by atoms with Gasteiger partial charge >= 0.3 is 0 Å². The summed E-state index contributed by atoms with van der Waals surface area (Å²) in [6.45, 7) is 7.63. The van der Waals surface area contributed by atoms with Gasteiger partial charge < -0.3 is 9.84 Å². The van der Waals surface area contributed by atoms with Gasteiger partial charge in [-0.1, -0.05) is 12.1 Å². The van der Waals surface area contributed by atoms with Gasteiger partial charge in [-0.05, 0) is 38.5 Å². The molecule has 0 bridgehead atoms. The molecular weight excluding hydrogens is 214 g/mol. The lowest BCUT2D eigenvalue weighted by Gasteiger charge is -2.27. The number of rotatable bonds is 6. The first kappa shape index (κ1) is 14.0. The molecule has 0 saturated carbocycles. The lowest BCUT2D eigenvalue weighted by Crippen LogP contribution is -2.36. The Hall–Kier alpha value is -1.06. The molecule has 1 atom stereocenters. The Morgan fingerprint density at radius 1 is 1.29 bits per heavy atom. The fourth-order valence-corrected chi connectivity index (χ4v) is 1.80. The number of nitrogens with zero attached hydrogens (tertiary/aromatic N) is 1. The molecule has 1 aromatic rings. The van der Waals surface area contributed by atoms with Crippen LogP contribution in [0.5, 0.6) is 5.75 Å². The van der Waals surface area contributed by atoms with Crippen LogP contribution in [0.2, 0.25) is 0 Å². The largest absolute Gasteiger partial charge is 0.497 e. The first-order valence-electron chi connectivity index (χ1n) is 6.08. The lowest BCUT2D eigenvalue weighted by molar-refractivity contribution is 0.103. The minimum Gasteiger partial charge on any atom is -0.497 e. The van der Waals surface area contributed by atoms with E-state index in [-0.39, 0.29) is 6.10 Å². The molecule has 3 nitrogen and oxygen atoms in total. The molecule has 3 heteroatoms. The van der Waals surface area contributed by atoms with Crippen LogP contribution in [-0.4, -0.2) is 35.8 Å². The summed E-state index contributed by atoms with van der Waals surface area (Å²) in [4.78, 5) is 2.25. The fourth-order valence-electron chi connectivity index (χ4n) is 1.80. The topological polar surface area (TPSA) is 32.7 Å². The first-order chi connectivity index (χ1) is 8.02. The summed E-state index contributed by atoms with van der Waals surface area (Å²) in [5, 5.41) is 9.48. The molecule has 1 aromatic carbocycles. The van der Waals surface area contributed by atoms with Gasteiger partial charge in [-0.2, -0.15) is 0 Å². The van der Waals surface area contributed by atoms with Gasteiger partial charge in [0.2, 0.25) is 0 Å². The quantitative estimate of drug-likeness (QED) is 0.824. The molecule has 0 aliphatic heterocycles. The van der Waals surface area contributed by atoms with Gasteiger partial charge in [0.1, 0.15) is 5.75 Å². The highest BCUT2D eigenvalue weighted by Gasteiger charge is 2.12. The molecule has 0 heterocycles. The Morgan fingerprint density at radius 2 is 2.00 bits per heavy atom. The molecule has 0 fully saturated rings. The van der Waals surface area contributed by atoms with Crippen molar-refractivity contribution in [2.75, 3.05) is 13.7 Å². The van der Waals surface area contributed by atoms with Crippen molar-refractivity contribution >= 4 is 0 Å². The Balaban J connectivity index is 2.71. The molecule has 0 saturated heterocycles. The zero-order valence-corrected chi connectivity index (χ0v) is 11.2. The summed E-state index contributed by atoms with van der Waals surface area (Å²) < 4.78 is 5.21. The average Bonchev–Trinajstić information content (AvgIpc) is 2.27. The van der Waals surface area contributed by atoms with Crippen LogP contribution in [0.4, 0.5) is 0 Å². The maximum absolute atomic E-state index is 9.48. The Labute approximate surface area is 104 Å². The predicted octanol–water partition coefficient (Wildman–Crippen LogP) is 2.29. The molecule has 1 N–H and O–H groups in total.